The highest BCUT2D eigenvalue weighted by Gasteiger charge is 2.40. The van der Waals surface area contributed by atoms with E-state index < -0.39 is 0 Å². The first-order valence-corrected chi connectivity index (χ1v) is 5.64. The maximum absolute atomic E-state index is 10.8. The topological polar surface area (TPSA) is 37.3 Å². The molecule has 2 nitrogen and oxygen atoms in total. The molecule has 0 bridgehead atoms. The van der Waals surface area contributed by atoms with Gasteiger partial charge < -0.3 is 9.90 Å². The van der Waals surface area contributed by atoms with Gasteiger partial charge in [0.25, 0.3) is 0 Å². The Hall–Kier alpha value is -0.890. The Kier molecular flexibility index (Phi) is 2.79. The van der Waals surface area contributed by atoms with Crippen LogP contribution >= 0.6 is 0 Å². The number of aliphatic hydroxyl groups is 1. The van der Waals surface area contributed by atoms with Crippen molar-refractivity contribution in [2.24, 2.45) is 17.3 Å². The number of fused-ring (bicyclic) bond motifs is 1. The van der Waals surface area contributed by atoms with Crippen LogP contribution in [0.1, 0.15) is 26.2 Å². The molecule has 0 aromatic carbocycles. The second kappa shape index (κ2) is 3.93. The number of rotatable bonds is 2. The standard InChI is InChI=1S/C13H18O2/c1-13-5-2-3-11(9-15)12(13)7-10(8-14)4-6-13/h2-3,5,8,10,12,15H,4,6-7,9H2,1H3/t10-,12+,13+/m1/s1. The lowest BCUT2D eigenvalue weighted by molar-refractivity contribution is -0.113. The Labute approximate surface area is 90.7 Å². The van der Waals surface area contributed by atoms with Gasteiger partial charge in [0, 0.05) is 5.92 Å². The van der Waals surface area contributed by atoms with Gasteiger partial charge >= 0.3 is 0 Å². The van der Waals surface area contributed by atoms with Crippen molar-refractivity contribution in [3.63, 3.8) is 0 Å². The Balaban J connectivity index is 2.24. The lowest BCUT2D eigenvalue weighted by Crippen LogP contribution is -2.36. The summed E-state index contributed by atoms with van der Waals surface area (Å²) in [4.78, 5) is 10.8. The third-order valence-corrected chi connectivity index (χ3v) is 4.00. The van der Waals surface area contributed by atoms with E-state index in [0.717, 1.165) is 31.1 Å². The predicted octanol–water partition coefficient (Wildman–Crippen LogP) is 2.10. The summed E-state index contributed by atoms with van der Waals surface area (Å²) in [6, 6.07) is 0. The number of allylic oxidation sites excluding steroid dienone is 3. The second-order valence-electron chi connectivity index (χ2n) is 4.99. The van der Waals surface area contributed by atoms with Crippen molar-refractivity contribution < 1.29 is 9.90 Å². The Bertz CT molecular complexity index is 316. The molecule has 1 saturated carbocycles. The summed E-state index contributed by atoms with van der Waals surface area (Å²) in [5, 5.41) is 9.31. The number of carbonyl (C=O) groups is 1. The first kappa shape index (κ1) is 10.6. The van der Waals surface area contributed by atoms with Crippen LogP contribution in [0, 0.1) is 17.3 Å². The van der Waals surface area contributed by atoms with Crippen LogP contribution in [0.25, 0.3) is 0 Å². The molecule has 2 rings (SSSR count). The Morgan fingerprint density at radius 3 is 3.13 bits per heavy atom. The van der Waals surface area contributed by atoms with Crippen LogP contribution < -0.4 is 0 Å². The van der Waals surface area contributed by atoms with Crippen molar-refractivity contribution >= 4 is 6.29 Å². The highest BCUT2D eigenvalue weighted by Crippen LogP contribution is 2.48. The van der Waals surface area contributed by atoms with Gasteiger partial charge in [0.15, 0.2) is 0 Å². The van der Waals surface area contributed by atoms with Gasteiger partial charge in [-0.25, -0.2) is 0 Å². The van der Waals surface area contributed by atoms with Gasteiger partial charge in [0.2, 0.25) is 0 Å². The third-order valence-electron chi connectivity index (χ3n) is 4.00. The van der Waals surface area contributed by atoms with E-state index in [0.29, 0.717) is 5.92 Å². The Morgan fingerprint density at radius 1 is 1.67 bits per heavy atom. The van der Waals surface area contributed by atoms with E-state index in [1.54, 1.807) is 0 Å². The number of aldehydes is 1. The average molecular weight is 206 g/mol. The van der Waals surface area contributed by atoms with Gasteiger partial charge in [-0.2, -0.15) is 0 Å². The van der Waals surface area contributed by atoms with E-state index in [2.05, 4.69) is 13.0 Å². The number of hydrogen-bond donors (Lipinski definition) is 1. The van der Waals surface area contributed by atoms with Crippen molar-refractivity contribution in [3.05, 3.63) is 23.8 Å². The number of hydrogen-bond acceptors (Lipinski definition) is 2. The third kappa shape index (κ3) is 1.78. The second-order valence-corrected chi connectivity index (χ2v) is 4.99. The number of carbonyl (C=O) groups excluding carboxylic acids is 1. The molecule has 0 amide bonds. The maximum atomic E-state index is 10.8. The summed E-state index contributed by atoms with van der Waals surface area (Å²) >= 11 is 0. The van der Waals surface area contributed by atoms with E-state index in [1.165, 1.54) is 0 Å². The van der Waals surface area contributed by atoms with Crippen LogP contribution in [0.5, 0.6) is 0 Å². The van der Waals surface area contributed by atoms with Crippen molar-refractivity contribution in [2.45, 2.75) is 26.2 Å². The molecule has 2 heteroatoms. The van der Waals surface area contributed by atoms with Gasteiger partial charge in [-0.15, -0.1) is 0 Å². The molecule has 0 spiro atoms. The zero-order valence-corrected chi connectivity index (χ0v) is 9.15. The van der Waals surface area contributed by atoms with Crippen LogP contribution in [0.2, 0.25) is 0 Å². The summed E-state index contributed by atoms with van der Waals surface area (Å²) < 4.78 is 0. The Morgan fingerprint density at radius 2 is 2.47 bits per heavy atom. The average Bonchev–Trinajstić information content (AvgIpc) is 2.27. The van der Waals surface area contributed by atoms with Gasteiger partial charge in [0.1, 0.15) is 6.29 Å². The van der Waals surface area contributed by atoms with E-state index in [-0.39, 0.29) is 17.9 Å². The van der Waals surface area contributed by atoms with E-state index in [4.69, 9.17) is 0 Å². The lowest BCUT2D eigenvalue weighted by Gasteiger charge is -2.44. The molecule has 15 heavy (non-hydrogen) atoms. The first-order valence-electron chi connectivity index (χ1n) is 5.64. The summed E-state index contributed by atoms with van der Waals surface area (Å²) in [6.07, 6.45) is 10.3. The molecule has 1 N–H and O–H groups in total. The maximum Gasteiger partial charge on any atom is 0.123 e. The van der Waals surface area contributed by atoms with Crippen LogP contribution in [0.15, 0.2) is 23.8 Å². The summed E-state index contributed by atoms with van der Waals surface area (Å²) in [7, 11) is 0. The SMILES string of the molecule is C[C@@]12C=CC=C(CO)[C@@H]1C[C@H](C=O)CC2. The highest BCUT2D eigenvalue weighted by atomic mass is 16.3. The minimum Gasteiger partial charge on any atom is -0.392 e. The zero-order valence-electron chi connectivity index (χ0n) is 9.15. The van der Waals surface area contributed by atoms with Crippen molar-refractivity contribution in [1.29, 1.82) is 0 Å². The minimum atomic E-state index is 0.121. The van der Waals surface area contributed by atoms with E-state index >= 15 is 0 Å². The monoisotopic (exact) mass is 206 g/mol. The number of aliphatic hydroxyl groups excluding tert-OH is 1. The van der Waals surface area contributed by atoms with Gasteiger partial charge in [-0.3, -0.25) is 0 Å². The van der Waals surface area contributed by atoms with Crippen molar-refractivity contribution in [2.75, 3.05) is 6.61 Å². The normalized spacial score (nSPS) is 39.5. The zero-order chi connectivity index (χ0) is 10.9. The fraction of sp³-hybridized carbons (Fsp3) is 0.615. The van der Waals surface area contributed by atoms with E-state index in [1.807, 2.05) is 12.2 Å². The quantitative estimate of drug-likeness (QED) is 0.702. The molecular formula is C13H18O2. The summed E-state index contributed by atoms with van der Waals surface area (Å²) in [5.41, 5.74) is 1.25. The van der Waals surface area contributed by atoms with Crippen LogP contribution in [-0.2, 0) is 4.79 Å². The molecule has 2 aliphatic rings. The van der Waals surface area contributed by atoms with Crippen LogP contribution in [0.4, 0.5) is 0 Å². The smallest absolute Gasteiger partial charge is 0.123 e. The largest absolute Gasteiger partial charge is 0.392 e. The van der Waals surface area contributed by atoms with Crippen molar-refractivity contribution in [1.82, 2.24) is 0 Å². The molecule has 0 aliphatic heterocycles. The van der Waals surface area contributed by atoms with Gasteiger partial charge in [-0.1, -0.05) is 25.2 Å². The molecule has 2 aliphatic carbocycles. The van der Waals surface area contributed by atoms with Crippen molar-refractivity contribution in [3.8, 4) is 0 Å². The fourth-order valence-electron chi connectivity index (χ4n) is 2.93. The molecular weight excluding hydrogens is 188 g/mol. The lowest BCUT2D eigenvalue weighted by atomic mass is 9.60. The molecule has 1 fully saturated rings. The van der Waals surface area contributed by atoms with Crippen LogP contribution in [-0.4, -0.2) is 18.0 Å². The summed E-state index contributed by atoms with van der Waals surface area (Å²) in [6.45, 7) is 2.36. The molecule has 0 saturated heterocycles. The van der Waals surface area contributed by atoms with Gasteiger partial charge in [0.05, 0.1) is 6.61 Å². The molecule has 3 atom stereocenters. The van der Waals surface area contributed by atoms with Crippen LogP contribution in [0.3, 0.4) is 0 Å². The predicted molar refractivity (Wildman–Crippen MR) is 59.3 cm³/mol. The summed E-state index contributed by atoms with van der Waals surface area (Å²) in [5.74, 6) is 0.543. The molecule has 0 unspecified atom stereocenters. The van der Waals surface area contributed by atoms with E-state index in [9.17, 15) is 9.90 Å². The molecule has 0 heterocycles. The highest BCUT2D eigenvalue weighted by molar-refractivity contribution is 5.54. The molecule has 0 aromatic heterocycles. The molecule has 82 valence electrons. The fourth-order valence-corrected chi connectivity index (χ4v) is 2.93. The van der Waals surface area contributed by atoms with Gasteiger partial charge in [-0.05, 0) is 36.2 Å². The molecule has 0 radical (unpaired) electrons. The first-order chi connectivity index (χ1) is 7.19. The minimum absolute atomic E-state index is 0.121. The molecule has 0 aromatic rings.